The first kappa shape index (κ1) is 21.3. The standard InChI is InChI=1S/C14H23N3O4S2.ClH/c1-3-16(4-2)22(18,19)13-6-5-7-14(10-13)23(20,21)17-9-8-12(15)11-17;/h5-7,10,12H,3-4,8-9,11,15H2,1-2H3;1H/t12-;/m0./s1. The molecule has 2 rings (SSSR count). The Labute approximate surface area is 150 Å². The van der Waals surface area contributed by atoms with Crippen LogP contribution in [0, 0.1) is 0 Å². The van der Waals surface area contributed by atoms with Crippen LogP contribution in [0.1, 0.15) is 20.3 Å². The molecule has 10 heteroatoms. The molecule has 24 heavy (non-hydrogen) atoms. The average molecular weight is 398 g/mol. The fourth-order valence-electron chi connectivity index (χ4n) is 2.63. The van der Waals surface area contributed by atoms with E-state index < -0.39 is 20.0 Å². The number of hydrogen-bond acceptors (Lipinski definition) is 5. The van der Waals surface area contributed by atoms with Crippen LogP contribution in [0.3, 0.4) is 0 Å². The lowest BCUT2D eigenvalue weighted by molar-refractivity contribution is 0.445. The van der Waals surface area contributed by atoms with E-state index in [4.69, 9.17) is 5.73 Å². The molecule has 7 nitrogen and oxygen atoms in total. The van der Waals surface area contributed by atoms with E-state index in [9.17, 15) is 16.8 Å². The van der Waals surface area contributed by atoms with Crippen LogP contribution < -0.4 is 5.73 Å². The van der Waals surface area contributed by atoms with E-state index in [1.807, 2.05) is 0 Å². The summed E-state index contributed by atoms with van der Waals surface area (Å²) in [6.07, 6.45) is 0.608. The van der Waals surface area contributed by atoms with E-state index in [1.54, 1.807) is 13.8 Å². The van der Waals surface area contributed by atoms with Crippen molar-refractivity contribution < 1.29 is 16.8 Å². The first-order valence-corrected chi connectivity index (χ1v) is 10.5. The second-order valence-electron chi connectivity index (χ2n) is 5.48. The van der Waals surface area contributed by atoms with E-state index >= 15 is 0 Å². The molecule has 0 aliphatic carbocycles. The number of hydrogen-bond donors (Lipinski definition) is 1. The molecular formula is C14H24ClN3O4S2. The van der Waals surface area contributed by atoms with Gasteiger partial charge in [-0.2, -0.15) is 8.61 Å². The Morgan fingerprint density at radius 2 is 1.75 bits per heavy atom. The SMILES string of the molecule is CCN(CC)S(=O)(=O)c1cccc(S(=O)(=O)N2CC[C@H](N)C2)c1.Cl. The topological polar surface area (TPSA) is 101 Å². The number of halogens is 1. The molecule has 1 aromatic carbocycles. The first-order valence-electron chi connectivity index (χ1n) is 7.59. The minimum absolute atomic E-state index is 0. The van der Waals surface area contributed by atoms with Crippen molar-refractivity contribution in [2.45, 2.75) is 36.1 Å². The van der Waals surface area contributed by atoms with Crippen molar-refractivity contribution >= 4 is 32.5 Å². The first-order chi connectivity index (χ1) is 10.7. The van der Waals surface area contributed by atoms with Gasteiger partial charge in [-0.1, -0.05) is 19.9 Å². The number of sulfonamides is 2. The Kier molecular flexibility index (Phi) is 7.21. The lowest BCUT2D eigenvalue weighted by atomic mass is 10.3. The molecular weight excluding hydrogens is 374 g/mol. The maximum Gasteiger partial charge on any atom is 0.243 e. The van der Waals surface area contributed by atoms with Crippen LogP contribution in [0.25, 0.3) is 0 Å². The van der Waals surface area contributed by atoms with Crippen LogP contribution in [0.2, 0.25) is 0 Å². The van der Waals surface area contributed by atoms with Crippen molar-refractivity contribution in [1.29, 1.82) is 0 Å². The zero-order valence-corrected chi connectivity index (χ0v) is 16.2. The summed E-state index contributed by atoms with van der Waals surface area (Å²) in [5, 5.41) is 0. The van der Waals surface area contributed by atoms with Crippen LogP contribution in [0.5, 0.6) is 0 Å². The van der Waals surface area contributed by atoms with Crippen molar-refractivity contribution in [3.8, 4) is 0 Å². The second-order valence-corrected chi connectivity index (χ2v) is 9.35. The molecule has 0 spiro atoms. The predicted molar refractivity (Wildman–Crippen MR) is 95.1 cm³/mol. The third-order valence-electron chi connectivity index (χ3n) is 3.97. The molecule has 1 heterocycles. The van der Waals surface area contributed by atoms with Crippen LogP contribution in [-0.4, -0.2) is 57.7 Å². The quantitative estimate of drug-likeness (QED) is 0.767. The Morgan fingerprint density at radius 3 is 2.25 bits per heavy atom. The highest BCUT2D eigenvalue weighted by atomic mass is 35.5. The van der Waals surface area contributed by atoms with E-state index in [0.717, 1.165) is 0 Å². The Bertz CT molecular complexity index is 764. The number of benzene rings is 1. The number of nitrogens with two attached hydrogens (primary N) is 1. The van der Waals surface area contributed by atoms with Gasteiger partial charge in [-0.25, -0.2) is 16.8 Å². The molecule has 0 saturated carbocycles. The summed E-state index contributed by atoms with van der Waals surface area (Å²) < 4.78 is 53.0. The van der Waals surface area contributed by atoms with Crippen LogP contribution in [0.15, 0.2) is 34.1 Å². The van der Waals surface area contributed by atoms with Gasteiger partial charge in [-0.15, -0.1) is 12.4 Å². The van der Waals surface area contributed by atoms with Crippen molar-refractivity contribution in [1.82, 2.24) is 8.61 Å². The van der Waals surface area contributed by atoms with Crippen molar-refractivity contribution in [2.75, 3.05) is 26.2 Å². The minimum Gasteiger partial charge on any atom is -0.326 e. The summed E-state index contributed by atoms with van der Waals surface area (Å²) in [5.41, 5.74) is 5.77. The molecule has 138 valence electrons. The van der Waals surface area contributed by atoms with E-state index in [2.05, 4.69) is 0 Å². The molecule has 0 bridgehead atoms. The summed E-state index contributed by atoms with van der Waals surface area (Å²) >= 11 is 0. The maximum atomic E-state index is 12.6. The van der Waals surface area contributed by atoms with Gasteiger partial charge < -0.3 is 5.73 Å². The highest BCUT2D eigenvalue weighted by molar-refractivity contribution is 7.90. The van der Waals surface area contributed by atoms with Gasteiger partial charge in [0.25, 0.3) is 0 Å². The zero-order valence-electron chi connectivity index (χ0n) is 13.8. The predicted octanol–water partition coefficient (Wildman–Crippen LogP) is 0.861. The molecule has 1 fully saturated rings. The summed E-state index contributed by atoms with van der Waals surface area (Å²) in [7, 11) is -7.42. The van der Waals surface area contributed by atoms with Crippen LogP contribution >= 0.6 is 12.4 Å². The van der Waals surface area contributed by atoms with Gasteiger partial charge in [0.2, 0.25) is 20.0 Å². The molecule has 0 amide bonds. The summed E-state index contributed by atoms with van der Waals surface area (Å²) in [6.45, 7) is 4.76. The second kappa shape index (κ2) is 8.11. The van der Waals surface area contributed by atoms with Crippen molar-refractivity contribution in [3.05, 3.63) is 24.3 Å². The highest BCUT2D eigenvalue weighted by Gasteiger charge is 2.32. The average Bonchev–Trinajstić information content (AvgIpc) is 2.96. The molecule has 1 aromatic rings. The molecule has 1 aliphatic heterocycles. The maximum absolute atomic E-state index is 12.6. The Balaban J connectivity index is 0.00000288. The third-order valence-corrected chi connectivity index (χ3v) is 7.88. The molecule has 1 atom stereocenters. The van der Waals surface area contributed by atoms with Gasteiger partial charge in [0.05, 0.1) is 9.79 Å². The van der Waals surface area contributed by atoms with Gasteiger partial charge in [0.15, 0.2) is 0 Å². The van der Waals surface area contributed by atoms with Gasteiger partial charge in [-0.05, 0) is 24.6 Å². The Morgan fingerprint density at radius 1 is 1.17 bits per heavy atom. The minimum atomic E-state index is -3.72. The third kappa shape index (κ3) is 4.09. The van der Waals surface area contributed by atoms with Gasteiger partial charge in [0.1, 0.15) is 0 Å². The molecule has 1 aliphatic rings. The summed E-state index contributed by atoms with van der Waals surface area (Å²) in [6, 6.07) is 5.35. The van der Waals surface area contributed by atoms with Gasteiger partial charge in [-0.3, -0.25) is 0 Å². The van der Waals surface area contributed by atoms with Crippen molar-refractivity contribution in [2.24, 2.45) is 5.73 Å². The normalized spacial score (nSPS) is 19.4. The largest absolute Gasteiger partial charge is 0.326 e. The Hall–Kier alpha value is -0.710. The van der Waals surface area contributed by atoms with E-state index in [-0.39, 0.29) is 34.8 Å². The van der Waals surface area contributed by atoms with Crippen LogP contribution in [0.4, 0.5) is 0 Å². The van der Waals surface area contributed by atoms with Gasteiger partial charge >= 0.3 is 0 Å². The van der Waals surface area contributed by atoms with Crippen molar-refractivity contribution in [3.63, 3.8) is 0 Å². The van der Waals surface area contributed by atoms with Gasteiger partial charge in [0, 0.05) is 32.2 Å². The van der Waals surface area contributed by atoms with Crippen LogP contribution in [-0.2, 0) is 20.0 Å². The molecule has 2 N–H and O–H groups in total. The summed E-state index contributed by atoms with van der Waals surface area (Å²) in [4.78, 5) is -0.0226. The fourth-order valence-corrected chi connectivity index (χ4v) is 5.77. The molecule has 1 saturated heterocycles. The van der Waals surface area contributed by atoms with E-state index in [1.165, 1.54) is 32.9 Å². The smallest absolute Gasteiger partial charge is 0.243 e. The lowest BCUT2D eigenvalue weighted by Crippen LogP contribution is -2.33. The molecule has 0 aromatic heterocycles. The lowest BCUT2D eigenvalue weighted by Gasteiger charge is -2.20. The van der Waals surface area contributed by atoms with E-state index in [0.29, 0.717) is 26.1 Å². The highest BCUT2D eigenvalue weighted by Crippen LogP contribution is 2.24. The zero-order chi connectivity index (χ0) is 17.3. The molecule has 0 unspecified atom stereocenters. The molecule has 0 radical (unpaired) electrons. The number of nitrogens with zero attached hydrogens (tertiary/aromatic N) is 2. The fraction of sp³-hybridized carbons (Fsp3) is 0.571. The summed E-state index contributed by atoms with van der Waals surface area (Å²) in [5.74, 6) is 0. The number of rotatable bonds is 6. The monoisotopic (exact) mass is 397 g/mol.